The Morgan fingerprint density at radius 3 is 2.37 bits per heavy atom. The minimum Gasteiger partial charge on any atom is -0.444 e. The molecule has 0 fully saturated rings. The van der Waals surface area contributed by atoms with Gasteiger partial charge in [-0.2, -0.15) is 13.2 Å². The molecule has 150 valence electrons. The normalized spacial score (nSPS) is 11.3. The topological polar surface area (TPSA) is 55.1 Å². The van der Waals surface area contributed by atoms with Crippen LogP contribution in [0.3, 0.4) is 0 Å². The molecule has 0 atom stereocenters. The predicted octanol–water partition coefficient (Wildman–Crippen LogP) is 6.28. The zero-order valence-electron chi connectivity index (χ0n) is 15.5. The zero-order chi connectivity index (χ0) is 21.1. The molecule has 1 aromatic heterocycles. The van der Waals surface area contributed by atoms with Crippen molar-refractivity contribution < 1.29 is 22.4 Å². The molecule has 0 aliphatic rings. The van der Waals surface area contributed by atoms with Gasteiger partial charge in [-0.3, -0.25) is 4.79 Å². The summed E-state index contributed by atoms with van der Waals surface area (Å²) in [6.45, 7) is 0. The number of aromatic nitrogens is 1. The SMILES string of the molecule is O=C(Nc1cccc(-c2cnco2)c1)c1ccccc1-c1ccc(C(F)(F)F)cc1. The molecule has 3 aromatic carbocycles. The van der Waals surface area contributed by atoms with E-state index in [2.05, 4.69) is 10.3 Å². The van der Waals surface area contributed by atoms with Crippen LogP contribution >= 0.6 is 0 Å². The number of benzene rings is 3. The molecule has 1 heterocycles. The fraction of sp³-hybridized carbons (Fsp3) is 0.0435. The van der Waals surface area contributed by atoms with Gasteiger partial charge >= 0.3 is 6.18 Å². The lowest BCUT2D eigenvalue weighted by molar-refractivity contribution is -0.137. The molecule has 0 spiro atoms. The van der Waals surface area contributed by atoms with Crippen molar-refractivity contribution in [2.45, 2.75) is 6.18 Å². The highest BCUT2D eigenvalue weighted by atomic mass is 19.4. The Morgan fingerprint density at radius 1 is 0.900 bits per heavy atom. The number of carbonyl (C=O) groups is 1. The first-order chi connectivity index (χ1) is 14.4. The van der Waals surface area contributed by atoms with E-state index < -0.39 is 11.7 Å². The number of alkyl halides is 3. The number of halogens is 3. The number of hydrogen-bond acceptors (Lipinski definition) is 3. The van der Waals surface area contributed by atoms with Gasteiger partial charge < -0.3 is 9.73 Å². The first-order valence-electron chi connectivity index (χ1n) is 8.99. The smallest absolute Gasteiger partial charge is 0.416 e. The second-order valence-electron chi connectivity index (χ2n) is 6.52. The number of hydrogen-bond donors (Lipinski definition) is 1. The number of anilines is 1. The summed E-state index contributed by atoms with van der Waals surface area (Å²) in [6, 6.07) is 18.6. The Kier molecular flexibility index (Phi) is 5.10. The molecular formula is C23H15F3N2O2. The predicted molar refractivity (Wildman–Crippen MR) is 107 cm³/mol. The van der Waals surface area contributed by atoms with E-state index in [9.17, 15) is 18.0 Å². The summed E-state index contributed by atoms with van der Waals surface area (Å²) in [5.41, 5.74) is 1.97. The van der Waals surface area contributed by atoms with E-state index in [0.717, 1.165) is 17.7 Å². The lowest BCUT2D eigenvalue weighted by Gasteiger charge is -2.12. The molecule has 0 bridgehead atoms. The van der Waals surface area contributed by atoms with Crippen LogP contribution in [0.4, 0.5) is 18.9 Å². The fourth-order valence-electron chi connectivity index (χ4n) is 3.08. The molecule has 0 saturated heterocycles. The quantitative estimate of drug-likeness (QED) is 0.432. The van der Waals surface area contributed by atoms with Crippen LogP contribution in [0, 0.1) is 0 Å². The Balaban J connectivity index is 1.61. The van der Waals surface area contributed by atoms with E-state index in [-0.39, 0.29) is 5.91 Å². The van der Waals surface area contributed by atoms with Gasteiger partial charge in [-0.1, -0.05) is 42.5 Å². The molecule has 1 amide bonds. The van der Waals surface area contributed by atoms with Gasteiger partial charge in [0.1, 0.15) is 0 Å². The molecule has 30 heavy (non-hydrogen) atoms. The third kappa shape index (κ3) is 4.10. The Labute approximate surface area is 170 Å². The molecule has 7 heteroatoms. The van der Waals surface area contributed by atoms with Gasteiger partial charge in [0.15, 0.2) is 12.2 Å². The molecule has 4 nitrogen and oxygen atoms in total. The monoisotopic (exact) mass is 408 g/mol. The standard InChI is InChI=1S/C23H15F3N2O2/c24-23(25,26)17-10-8-15(9-11-17)19-6-1-2-7-20(19)22(29)28-18-5-3-4-16(12-18)21-13-27-14-30-21/h1-14H,(H,28,29). The zero-order valence-corrected chi connectivity index (χ0v) is 15.5. The summed E-state index contributed by atoms with van der Waals surface area (Å²) in [6.07, 6.45) is -1.52. The van der Waals surface area contributed by atoms with Crippen molar-refractivity contribution in [3.05, 3.63) is 96.5 Å². The largest absolute Gasteiger partial charge is 0.444 e. The molecule has 0 aliphatic heterocycles. The Morgan fingerprint density at radius 2 is 1.67 bits per heavy atom. The number of oxazole rings is 1. The maximum absolute atomic E-state index is 12.9. The van der Waals surface area contributed by atoms with E-state index in [1.165, 1.54) is 18.5 Å². The highest BCUT2D eigenvalue weighted by Gasteiger charge is 2.30. The van der Waals surface area contributed by atoms with Crippen molar-refractivity contribution in [2.24, 2.45) is 0 Å². The van der Waals surface area contributed by atoms with Crippen molar-refractivity contribution in [3.8, 4) is 22.5 Å². The Hall–Kier alpha value is -3.87. The molecule has 0 radical (unpaired) electrons. The van der Waals surface area contributed by atoms with Gasteiger partial charge in [-0.25, -0.2) is 4.98 Å². The number of nitrogens with one attached hydrogen (secondary N) is 1. The maximum atomic E-state index is 12.9. The average molecular weight is 408 g/mol. The van der Waals surface area contributed by atoms with Crippen LogP contribution in [0.2, 0.25) is 0 Å². The van der Waals surface area contributed by atoms with E-state index in [4.69, 9.17) is 4.42 Å². The van der Waals surface area contributed by atoms with Crippen LogP contribution in [-0.4, -0.2) is 10.9 Å². The molecule has 0 saturated carbocycles. The summed E-state index contributed by atoms with van der Waals surface area (Å²) < 4.78 is 43.8. The molecule has 0 aliphatic carbocycles. The molecule has 1 N–H and O–H groups in total. The molecular weight excluding hydrogens is 393 g/mol. The van der Waals surface area contributed by atoms with E-state index >= 15 is 0 Å². The third-order valence-corrected chi connectivity index (χ3v) is 4.53. The number of rotatable bonds is 4. The molecule has 4 rings (SSSR count). The van der Waals surface area contributed by atoms with Crippen molar-refractivity contribution in [1.82, 2.24) is 4.98 Å². The summed E-state index contributed by atoms with van der Waals surface area (Å²) in [5.74, 6) is 0.191. The van der Waals surface area contributed by atoms with Gasteiger partial charge in [-0.05, 0) is 41.5 Å². The van der Waals surface area contributed by atoms with Gasteiger partial charge in [-0.15, -0.1) is 0 Å². The third-order valence-electron chi connectivity index (χ3n) is 4.53. The highest BCUT2D eigenvalue weighted by Crippen LogP contribution is 2.32. The van der Waals surface area contributed by atoms with Crippen molar-refractivity contribution in [1.29, 1.82) is 0 Å². The minimum absolute atomic E-state index is 0.349. The van der Waals surface area contributed by atoms with Gasteiger partial charge in [0.2, 0.25) is 0 Å². The second kappa shape index (κ2) is 7.87. The van der Waals surface area contributed by atoms with Crippen molar-refractivity contribution in [3.63, 3.8) is 0 Å². The first-order valence-corrected chi connectivity index (χ1v) is 8.99. The lowest BCUT2D eigenvalue weighted by Crippen LogP contribution is -2.13. The van der Waals surface area contributed by atoms with E-state index in [0.29, 0.717) is 28.1 Å². The first kappa shape index (κ1) is 19.4. The highest BCUT2D eigenvalue weighted by molar-refractivity contribution is 6.08. The second-order valence-corrected chi connectivity index (χ2v) is 6.52. The van der Waals surface area contributed by atoms with E-state index in [1.807, 2.05) is 6.07 Å². The van der Waals surface area contributed by atoms with Crippen LogP contribution in [-0.2, 0) is 6.18 Å². The summed E-state index contributed by atoms with van der Waals surface area (Å²) in [4.78, 5) is 16.8. The van der Waals surface area contributed by atoms with Gasteiger partial charge in [0, 0.05) is 16.8 Å². The fourth-order valence-corrected chi connectivity index (χ4v) is 3.08. The van der Waals surface area contributed by atoms with Crippen LogP contribution in [0.25, 0.3) is 22.5 Å². The maximum Gasteiger partial charge on any atom is 0.416 e. The van der Waals surface area contributed by atoms with Crippen LogP contribution in [0.1, 0.15) is 15.9 Å². The summed E-state index contributed by atoms with van der Waals surface area (Å²) >= 11 is 0. The number of nitrogens with zero attached hydrogens (tertiary/aromatic N) is 1. The van der Waals surface area contributed by atoms with Gasteiger partial charge in [0.05, 0.1) is 11.8 Å². The van der Waals surface area contributed by atoms with Gasteiger partial charge in [0.25, 0.3) is 5.91 Å². The molecule has 4 aromatic rings. The van der Waals surface area contributed by atoms with Crippen LogP contribution < -0.4 is 5.32 Å². The molecule has 0 unspecified atom stereocenters. The average Bonchev–Trinajstić information content (AvgIpc) is 3.28. The van der Waals surface area contributed by atoms with E-state index in [1.54, 1.807) is 48.7 Å². The lowest BCUT2D eigenvalue weighted by atomic mass is 9.98. The number of amides is 1. The number of carbonyl (C=O) groups excluding carboxylic acids is 1. The van der Waals surface area contributed by atoms with Crippen LogP contribution in [0.5, 0.6) is 0 Å². The van der Waals surface area contributed by atoms with Crippen LogP contribution in [0.15, 0.2) is 89.8 Å². The van der Waals surface area contributed by atoms with Crippen molar-refractivity contribution >= 4 is 11.6 Å². The van der Waals surface area contributed by atoms with Crippen molar-refractivity contribution in [2.75, 3.05) is 5.32 Å². The summed E-state index contributed by atoms with van der Waals surface area (Å²) in [7, 11) is 0. The Bertz CT molecular complexity index is 1170. The minimum atomic E-state index is -4.41. The summed E-state index contributed by atoms with van der Waals surface area (Å²) in [5, 5.41) is 2.83.